The lowest BCUT2D eigenvalue weighted by Gasteiger charge is -2.38. The number of aliphatic hydroxyl groups excluding tert-OH is 2. The SMILES string of the molecule is CCCC1OC2SC(N(C)C)=NC2C(O)C1O. The molecule has 5 unspecified atom stereocenters. The van der Waals surface area contributed by atoms with E-state index in [2.05, 4.69) is 4.99 Å². The summed E-state index contributed by atoms with van der Waals surface area (Å²) in [7, 11) is 3.82. The molecule has 0 saturated carbocycles. The van der Waals surface area contributed by atoms with Gasteiger partial charge in [-0.15, -0.1) is 0 Å². The molecule has 0 radical (unpaired) electrons. The Kier molecular flexibility index (Phi) is 3.97. The summed E-state index contributed by atoms with van der Waals surface area (Å²) in [6, 6.07) is -0.347. The summed E-state index contributed by atoms with van der Waals surface area (Å²) >= 11 is 1.52. The van der Waals surface area contributed by atoms with Crippen LogP contribution >= 0.6 is 11.8 Å². The van der Waals surface area contributed by atoms with Crippen molar-refractivity contribution in [3.05, 3.63) is 0 Å². The quantitative estimate of drug-likeness (QED) is 0.746. The monoisotopic (exact) mass is 260 g/mol. The Balaban J connectivity index is 2.10. The van der Waals surface area contributed by atoms with Gasteiger partial charge in [0.2, 0.25) is 0 Å². The summed E-state index contributed by atoms with van der Waals surface area (Å²) in [6.45, 7) is 2.04. The predicted octanol–water partition coefficient (Wildman–Crippen LogP) is 0.266. The van der Waals surface area contributed by atoms with Gasteiger partial charge in [0.15, 0.2) is 5.17 Å². The van der Waals surface area contributed by atoms with E-state index in [0.717, 1.165) is 18.0 Å². The van der Waals surface area contributed by atoms with Crippen LogP contribution in [0.3, 0.4) is 0 Å². The van der Waals surface area contributed by atoms with Crippen molar-refractivity contribution < 1.29 is 14.9 Å². The number of nitrogens with zero attached hydrogens (tertiary/aromatic N) is 2. The number of thioether (sulfide) groups is 1. The number of aliphatic hydroxyl groups is 2. The average molecular weight is 260 g/mol. The van der Waals surface area contributed by atoms with Crippen molar-refractivity contribution in [3.63, 3.8) is 0 Å². The summed E-state index contributed by atoms with van der Waals surface area (Å²) in [5.41, 5.74) is -0.164. The standard InChI is InChI=1S/C11H20N2O3S/c1-4-5-6-8(14)9(15)7-10(16-6)17-11(12-7)13(2)3/h6-10,14-15H,4-5H2,1-3H3. The Morgan fingerprint density at radius 1 is 1.35 bits per heavy atom. The first-order chi connectivity index (χ1) is 8.04. The van der Waals surface area contributed by atoms with Crippen LogP contribution in [0.25, 0.3) is 0 Å². The maximum absolute atomic E-state index is 10.1. The van der Waals surface area contributed by atoms with Gasteiger partial charge in [0.25, 0.3) is 0 Å². The van der Waals surface area contributed by atoms with E-state index in [1.165, 1.54) is 11.8 Å². The van der Waals surface area contributed by atoms with E-state index < -0.39 is 12.2 Å². The third-order valence-corrected chi connectivity index (χ3v) is 4.41. The molecule has 0 spiro atoms. The van der Waals surface area contributed by atoms with Gasteiger partial charge in [-0.25, -0.2) is 0 Å². The summed E-state index contributed by atoms with van der Waals surface area (Å²) in [4.78, 5) is 6.31. The normalized spacial score (nSPS) is 41.0. The summed E-state index contributed by atoms with van der Waals surface area (Å²) in [5.74, 6) is 0. The van der Waals surface area contributed by atoms with Crippen LogP contribution in [0, 0.1) is 0 Å². The molecule has 0 aromatic heterocycles. The Hall–Kier alpha value is -0.300. The lowest BCUT2D eigenvalue weighted by molar-refractivity contribution is -0.154. The van der Waals surface area contributed by atoms with Crippen LogP contribution in [-0.4, -0.2) is 64.2 Å². The summed E-state index contributed by atoms with van der Waals surface area (Å²) in [6.07, 6.45) is -0.241. The van der Waals surface area contributed by atoms with Gasteiger partial charge in [-0.3, -0.25) is 4.99 Å². The van der Waals surface area contributed by atoms with Gasteiger partial charge in [-0.1, -0.05) is 25.1 Å². The number of aliphatic imine (C=N–C) groups is 1. The fourth-order valence-electron chi connectivity index (χ4n) is 2.16. The molecule has 0 bridgehead atoms. The minimum absolute atomic E-state index is 0.164. The topological polar surface area (TPSA) is 65.3 Å². The Morgan fingerprint density at radius 3 is 2.65 bits per heavy atom. The summed E-state index contributed by atoms with van der Waals surface area (Å²) < 4.78 is 5.83. The highest BCUT2D eigenvalue weighted by atomic mass is 32.2. The molecule has 0 amide bonds. The van der Waals surface area contributed by atoms with E-state index in [0.29, 0.717) is 0 Å². The molecule has 2 rings (SSSR count). The minimum atomic E-state index is -0.831. The van der Waals surface area contributed by atoms with Crippen LogP contribution < -0.4 is 0 Å². The van der Waals surface area contributed by atoms with Gasteiger partial charge in [0.05, 0.1) is 6.10 Å². The van der Waals surface area contributed by atoms with E-state index in [-0.39, 0.29) is 17.6 Å². The molecular formula is C11H20N2O3S. The fourth-order valence-corrected chi connectivity index (χ4v) is 3.32. The first-order valence-electron chi connectivity index (χ1n) is 5.98. The van der Waals surface area contributed by atoms with Crippen LogP contribution in [0.15, 0.2) is 4.99 Å². The zero-order chi connectivity index (χ0) is 12.6. The molecule has 2 aliphatic heterocycles. The van der Waals surface area contributed by atoms with Crippen molar-refractivity contribution in [2.75, 3.05) is 14.1 Å². The molecule has 6 heteroatoms. The van der Waals surface area contributed by atoms with E-state index in [4.69, 9.17) is 4.74 Å². The number of fused-ring (bicyclic) bond motifs is 1. The second-order valence-electron chi connectivity index (χ2n) is 4.73. The molecule has 1 saturated heterocycles. The lowest BCUT2D eigenvalue weighted by atomic mass is 9.96. The molecule has 2 aliphatic rings. The van der Waals surface area contributed by atoms with Crippen molar-refractivity contribution in [1.29, 1.82) is 0 Å². The number of hydrogen-bond acceptors (Lipinski definition) is 6. The van der Waals surface area contributed by atoms with Gasteiger partial charge in [0, 0.05) is 14.1 Å². The van der Waals surface area contributed by atoms with Crippen LogP contribution in [0.4, 0.5) is 0 Å². The first kappa shape index (κ1) is 13.1. The van der Waals surface area contributed by atoms with Crippen molar-refractivity contribution in [1.82, 2.24) is 4.90 Å². The average Bonchev–Trinajstić information content (AvgIpc) is 2.70. The van der Waals surface area contributed by atoms with Gasteiger partial charge in [-0.05, 0) is 6.42 Å². The molecule has 0 aliphatic carbocycles. The largest absolute Gasteiger partial charge is 0.388 e. The van der Waals surface area contributed by atoms with E-state index in [1.54, 1.807) is 0 Å². The van der Waals surface area contributed by atoms with Crippen molar-refractivity contribution in [3.8, 4) is 0 Å². The minimum Gasteiger partial charge on any atom is -0.388 e. The molecule has 5 atom stereocenters. The Morgan fingerprint density at radius 2 is 2.06 bits per heavy atom. The number of ether oxygens (including phenoxy) is 1. The second-order valence-corrected chi connectivity index (χ2v) is 5.79. The van der Waals surface area contributed by atoms with Crippen molar-refractivity contribution >= 4 is 16.9 Å². The Bertz CT molecular complexity index is 311. The third-order valence-electron chi connectivity index (χ3n) is 3.11. The zero-order valence-corrected chi connectivity index (χ0v) is 11.2. The molecule has 0 aromatic carbocycles. The number of hydrogen-bond donors (Lipinski definition) is 2. The molecule has 0 aromatic rings. The Labute approximate surface area is 106 Å². The molecule has 1 fully saturated rings. The van der Waals surface area contributed by atoms with Crippen LogP contribution in [0.5, 0.6) is 0 Å². The smallest absolute Gasteiger partial charge is 0.161 e. The van der Waals surface area contributed by atoms with Gasteiger partial charge >= 0.3 is 0 Å². The molecule has 17 heavy (non-hydrogen) atoms. The van der Waals surface area contributed by atoms with E-state index >= 15 is 0 Å². The molecular weight excluding hydrogens is 240 g/mol. The highest BCUT2D eigenvalue weighted by Gasteiger charge is 2.47. The molecule has 2 N–H and O–H groups in total. The van der Waals surface area contributed by atoms with Crippen LogP contribution in [0.1, 0.15) is 19.8 Å². The van der Waals surface area contributed by atoms with Gasteiger partial charge < -0.3 is 19.8 Å². The highest BCUT2D eigenvalue weighted by Crippen LogP contribution is 2.37. The van der Waals surface area contributed by atoms with Crippen LogP contribution in [0.2, 0.25) is 0 Å². The van der Waals surface area contributed by atoms with E-state index in [9.17, 15) is 10.2 Å². The number of rotatable bonds is 2. The highest BCUT2D eigenvalue weighted by molar-refractivity contribution is 8.14. The molecule has 2 heterocycles. The van der Waals surface area contributed by atoms with Gasteiger partial charge in [0.1, 0.15) is 23.7 Å². The maximum Gasteiger partial charge on any atom is 0.161 e. The van der Waals surface area contributed by atoms with Crippen LogP contribution in [-0.2, 0) is 4.74 Å². The van der Waals surface area contributed by atoms with E-state index in [1.807, 2.05) is 25.9 Å². The van der Waals surface area contributed by atoms with Crippen molar-refractivity contribution in [2.24, 2.45) is 4.99 Å². The number of amidine groups is 1. The lowest BCUT2D eigenvalue weighted by Crippen LogP contribution is -2.54. The fraction of sp³-hybridized carbons (Fsp3) is 0.909. The predicted molar refractivity (Wildman–Crippen MR) is 68.1 cm³/mol. The summed E-state index contributed by atoms with van der Waals surface area (Å²) in [5, 5.41) is 20.9. The maximum atomic E-state index is 10.1. The second kappa shape index (κ2) is 5.14. The van der Waals surface area contributed by atoms with Gasteiger partial charge in [-0.2, -0.15) is 0 Å². The molecule has 5 nitrogen and oxygen atoms in total. The first-order valence-corrected chi connectivity index (χ1v) is 6.86. The zero-order valence-electron chi connectivity index (χ0n) is 10.4. The van der Waals surface area contributed by atoms with Crippen molar-refractivity contribution in [2.45, 2.75) is 49.6 Å². The molecule has 98 valence electrons. The third kappa shape index (κ3) is 2.45.